The molecule has 0 radical (unpaired) electrons. The number of amides is 1. The van der Waals surface area contributed by atoms with Crippen LogP contribution in [0.4, 0.5) is 10.5 Å². The number of anilines is 1. The molecule has 11 nitrogen and oxygen atoms in total. The number of nitrogens with one attached hydrogen (secondary N) is 2. The van der Waals surface area contributed by atoms with Gasteiger partial charge in [-0.1, -0.05) is 42.5 Å². The van der Waals surface area contributed by atoms with Gasteiger partial charge in [0.2, 0.25) is 0 Å². The lowest BCUT2D eigenvalue weighted by Crippen LogP contribution is -2.45. The molecule has 0 aliphatic carbocycles. The van der Waals surface area contributed by atoms with E-state index < -0.39 is 44.0 Å². The normalized spacial score (nSPS) is 13.7. The topological polar surface area (TPSA) is 155 Å². The Kier molecular flexibility index (Phi) is 9.62. The van der Waals surface area contributed by atoms with Crippen molar-refractivity contribution in [2.75, 3.05) is 17.5 Å². The van der Waals surface area contributed by atoms with E-state index in [1.807, 2.05) is 13.0 Å². The predicted molar refractivity (Wildman–Crippen MR) is 169 cm³/mol. The fourth-order valence-corrected chi connectivity index (χ4v) is 6.22. The first-order valence-electron chi connectivity index (χ1n) is 13.9. The molecule has 0 fully saturated rings. The highest BCUT2D eigenvalue weighted by molar-refractivity contribution is 7.92. The van der Waals surface area contributed by atoms with Crippen molar-refractivity contribution in [2.24, 2.45) is 0 Å². The van der Waals surface area contributed by atoms with Crippen molar-refractivity contribution in [1.29, 1.82) is 0 Å². The Morgan fingerprint density at radius 3 is 2.34 bits per heavy atom. The summed E-state index contributed by atoms with van der Waals surface area (Å²) in [6, 6.07) is 18.9. The molecule has 1 aromatic heterocycles. The van der Waals surface area contributed by atoms with Crippen molar-refractivity contribution >= 4 is 42.8 Å². The Balaban J connectivity index is 1.57. The zero-order valence-corrected chi connectivity index (χ0v) is 26.8. The molecule has 4 aromatic rings. The molecule has 1 heterocycles. The third-order valence-corrected chi connectivity index (χ3v) is 8.51. The van der Waals surface area contributed by atoms with E-state index in [9.17, 15) is 26.7 Å². The van der Waals surface area contributed by atoms with E-state index in [4.69, 9.17) is 8.92 Å². The maximum absolute atomic E-state index is 13.4. The highest BCUT2D eigenvalue weighted by Gasteiger charge is 2.29. The first-order chi connectivity index (χ1) is 20.5. The molecule has 13 heteroatoms. The lowest BCUT2D eigenvalue weighted by atomic mass is 10.0. The second kappa shape index (κ2) is 12.9. The SMILES string of the molecule is C[C@H](Cc1c[nH]c2c(OS(C)(=O)=O)cccc12)N(C[C@H](O)c1cccc(NS(=O)(=O)c2ccccc2)c1)C(=O)OC(C)(C)C. The maximum Gasteiger partial charge on any atom is 0.410 e. The summed E-state index contributed by atoms with van der Waals surface area (Å²) in [7, 11) is -7.59. The van der Waals surface area contributed by atoms with Gasteiger partial charge in [0.15, 0.2) is 5.75 Å². The summed E-state index contributed by atoms with van der Waals surface area (Å²) in [5, 5.41) is 12.0. The van der Waals surface area contributed by atoms with Crippen LogP contribution in [-0.2, 0) is 31.3 Å². The van der Waals surface area contributed by atoms with E-state index in [2.05, 4.69) is 9.71 Å². The van der Waals surface area contributed by atoms with Crippen LogP contribution >= 0.6 is 0 Å². The van der Waals surface area contributed by atoms with Gasteiger partial charge in [-0.05, 0) is 75.6 Å². The van der Waals surface area contributed by atoms with Crippen LogP contribution in [0.2, 0.25) is 0 Å². The third kappa shape index (κ3) is 8.52. The minimum Gasteiger partial charge on any atom is -0.444 e. The van der Waals surface area contributed by atoms with Crippen LogP contribution < -0.4 is 8.91 Å². The highest BCUT2D eigenvalue weighted by atomic mass is 32.2. The summed E-state index contributed by atoms with van der Waals surface area (Å²) >= 11 is 0. The molecule has 44 heavy (non-hydrogen) atoms. The molecular weight excluding hydrogens is 606 g/mol. The summed E-state index contributed by atoms with van der Waals surface area (Å²) in [6.45, 7) is 6.91. The lowest BCUT2D eigenvalue weighted by Gasteiger charge is -2.33. The number of aliphatic hydroxyl groups excluding tert-OH is 1. The van der Waals surface area contributed by atoms with Gasteiger partial charge in [-0.2, -0.15) is 8.42 Å². The third-order valence-electron chi connectivity index (χ3n) is 6.63. The number of carbonyl (C=O) groups is 1. The predicted octanol–water partition coefficient (Wildman–Crippen LogP) is 5.21. The number of sulfonamides is 1. The van der Waals surface area contributed by atoms with Gasteiger partial charge in [0.25, 0.3) is 10.0 Å². The summed E-state index contributed by atoms with van der Waals surface area (Å²) < 4.78 is 62.4. The minimum absolute atomic E-state index is 0.100. The van der Waals surface area contributed by atoms with E-state index in [0.29, 0.717) is 17.5 Å². The van der Waals surface area contributed by atoms with Crippen molar-refractivity contribution in [3.05, 3.63) is 90.1 Å². The number of aromatic amines is 1. The van der Waals surface area contributed by atoms with Crippen LogP contribution in [0.25, 0.3) is 10.9 Å². The molecule has 236 valence electrons. The molecule has 0 spiro atoms. The number of para-hydroxylation sites is 1. The summed E-state index contributed by atoms with van der Waals surface area (Å²) in [4.78, 5) is 18.0. The maximum atomic E-state index is 13.4. The quantitative estimate of drug-likeness (QED) is 0.188. The van der Waals surface area contributed by atoms with E-state index in [1.165, 1.54) is 23.1 Å². The van der Waals surface area contributed by atoms with Gasteiger partial charge >= 0.3 is 16.2 Å². The number of nitrogens with zero attached hydrogens (tertiary/aromatic N) is 1. The number of benzene rings is 3. The molecule has 2 atom stereocenters. The number of H-pyrrole nitrogens is 1. The number of hydrogen-bond acceptors (Lipinski definition) is 8. The number of rotatable bonds is 11. The number of ether oxygens (including phenoxy) is 1. The molecule has 0 unspecified atom stereocenters. The molecule has 0 aliphatic rings. The van der Waals surface area contributed by atoms with Crippen LogP contribution in [0.1, 0.15) is 44.9 Å². The smallest absolute Gasteiger partial charge is 0.410 e. The standard InChI is InChI=1S/C31H37N3O8S2/c1-21(17-23-19-32-29-26(23)15-10-16-28(29)42-43(5,37)38)34(30(36)41-31(2,3)4)20-27(35)22-11-9-12-24(18-22)33-44(39,40)25-13-7-6-8-14-25/h6-16,18-19,21,27,32-33,35H,17,20H2,1-5H3/t21-,27+/m1/s1. The average molecular weight is 644 g/mol. The summed E-state index contributed by atoms with van der Waals surface area (Å²) in [6.07, 6.45) is 1.22. The Hall–Kier alpha value is -4.07. The molecule has 3 aromatic carbocycles. The molecule has 0 saturated heterocycles. The van der Waals surface area contributed by atoms with E-state index in [0.717, 1.165) is 17.2 Å². The van der Waals surface area contributed by atoms with Crippen LogP contribution in [-0.4, -0.2) is 62.4 Å². The number of fused-ring (bicyclic) bond motifs is 1. The Morgan fingerprint density at radius 2 is 1.68 bits per heavy atom. The molecule has 0 aliphatic heterocycles. The number of aromatic nitrogens is 1. The van der Waals surface area contributed by atoms with Crippen LogP contribution in [0.3, 0.4) is 0 Å². The second-order valence-electron chi connectivity index (χ2n) is 11.5. The van der Waals surface area contributed by atoms with Gasteiger partial charge in [0.1, 0.15) is 5.60 Å². The molecule has 0 bridgehead atoms. The molecule has 1 amide bonds. The summed E-state index contributed by atoms with van der Waals surface area (Å²) in [5.74, 6) is 0.158. The molecular formula is C31H37N3O8S2. The van der Waals surface area contributed by atoms with Crippen LogP contribution in [0.5, 0.6) is 5.75 Å². The van der Waals surface area contributed by atoms with E-state index in [1.54, 1.807) is 75.5 Å². The largest absolute Gasteiger partial charge is 0.444 e. The van der Waals surface area contributed by atoms with Crippen molar-refractivity contribution < 1.29 is 35.7 Å². The van der Waals surface area contributed by atoms with Gasteiger partial charge in [0, 0.05) is 23.3 Å². The molecule has 0 saturated carbocycles. The van der Waals surface area contributed by atoms with Crippen molar-refractivity contribution in [3.63, 3.8) is 0 Å². The number of carbonyl (C=O) groups excluding carboxylic acids is 1. The van der Waals surface area contributed by atoms with E-state index in [-0.39, 0.29) is 22.9 Å². The van der Waals surface area contributed by atoms with Crippen molar-refractivity contribution in [1.82, 2.24) is 9.88 Å². The molecule has 3 N–H and O–H groups in total. The average Bonchev–Trinajstić information content (AvgIpc) is 3.33. The number of aliphatic hydroxyl groups is 1. The second-order valence-corrected chi connectivity index (χ2v) is 14.8. The minimum atomic E-state index is -3.85. The van der Waals surface area contributed by atoms with E-state index >= 15 is 0 Å². The Labute approximate surface area is 258 Å². The Morgan fingerprint density at radius 1 is 1.00 bits per heavy atom. The highest BCUT2D eigenvalue weighted by Crippen LogP contribution is 2.30. The fraction of sp³-hybridized carbons (Fsp3) is 0.323. The lowest BCUT2D eigenvalue weighted by molar-refractivity contribution is 0.00550. The summed E-state index contributed by atoms with van der Waals surface area (Å²) in [5.41, 5.74) is 1.15. The van der Waals surface area contributed by atoms with Gasteiger partial charge in [0.05, 0.1) is 29.3 Å². The zero-order valence-electron chi connectivity index (χ0n) is 25.1. The monoisotopic (exact) mass is 643 g/mol. The first kappa shape index (κ1) is 32.8. The van der Waals surface area contributed by atoms with Gasteiger partial charge < -0.3 is 23.9 Å². The Bertz CT molecular complexity index is 1830. The first-order valence-corrected chi connectivity index (χ1v) is 17.2. The van der Waals surface area contributed by atoms with Gasteiger partial charge in [-0.15, -0.1) is 0 Å². The fourth-order valence-electron chi connectivity index (χ4n) is 4.68. The van der Waals surface area contributed by atoms with Crippen LogP contribution in [0, 0.1) is 0 Å². The van der Waals surface area contributed by atoms with Gasteiger partial charge in [-0.3, -0.25) is 4.72 Å². The number of hydrogen-bond donors (Lipinski definition) is 3. The zero-order chi connectivity index (χ0) is 32.3. The van der Waals surface area contributed by atoms with Gasteiger partial charge in [-0.25, -0.2) is 13.2 Å². The molecule has 4 rings (SSSR count). The van der Waals surface area contributed by atoms with Crippen LogP contribution in [0.15, 0.2) is 83.9 Å². The van der Waals surface area contributed by atoms with Crippen molar-refractivity contribution in [2.45, 2.75) is 56.8 Å². The van der Waals surface area contributed by atoms with Crippen molar-refractivity contribution in [3.8, 4) is 5.75 Å².